The molecule has 2 amide bonds. The van der Waals surface area contributed by atoms with E-state index >= 15 is 0 Å². The zero-order chi connectivity index (χ0) is 26.2. The van der Waals surface area contributed by atoms with Crippen LogP contribution >= 0.6 is 15.9 Å². The minimum absolute atomic E-state index is 0.0550. The molecule has 192 valence electrons. The molecular weight excluding hydrogens is 534 g/mol. The topological polar surface area (TPSA) is 96.0 Å². The summed E-state index contributed by atoms with van der Waals surface area (Å²) in [5.74, 6) is -0.125. The Hall–Kier alpha value is -2.59. The lowest BCUT2D eigenvalue weighted by Gasteiger charge is -2.33. The van der Waals surface area contributed by atoms with Crippen LogP contribution in [0.5, 0.6) is 5.75 Å². The van der Waals surface area contributed by atoms with E-state index in [4.69, 9.17) is 4.74 Å². The first-order chi connectivity index (χ1) is 16.5. The van der Waals surface area contributed by atoms with Crippen molar-refractivity contribution in [2.24, 2.45) is 0 Å². The molecule has 0 saturated carbocycles. The van der Waals surface area contributed by atoms with Gasteiger partial charge in [0, 0.05) is 17.1 Å². The molecule has 0 saturated heterocycles. The molecule has 0 fully saturated rings. The fraction of sp³-hybridized carbons (Fsp3) is 0.440. The van der Waals surface area contributed by atoms with Crippen molar-refractivity contribution in [3.63, 3.8) is 0 Å². The normalized spacial score (nSPS) is 13.0. The number of amides is 2. The van der Waals surface area contributed by atoms with E-state index in [1.165, 1.54) is 4.90 Å². The highest BCUT2D eigenvalue weighted by molar-refractivity contribution is 9.10. The molecule has 0 aromatic heterocycles. The van der Waals surface area contributed by atoms with E-state index in [1.807, 2.05) is 32.9 Å². The van der Waals surface area contributed by atoms with E-state index < -0.39 is 28.5 Å². The number of methoxy groups -OCH3 is 1. The smallest absolute Gasteiger partial charge is 0.244 e. The van der Waals surface area contributed by atoms with Crippen LogP contribution in [0.15, 0.2) is 53.0 Å². The average molecular weight is 569 g/mol. The molecule has 0 aliphatic rings. The predicted molar refractivity (Wildman–Crippen MR) is 142 cm³/mol. The summed E-state index contributed by atoms with van der Waals surface area (Å²) in [5, 5.41) is 2.95. The zero-order valence-electron chi connectivity index (χ0n) is 20.8. The van der Waals surface area contributed by atoms with E-state index in [-0.39, 0.29) is 18.5 Å². The van der Waals surface area contributed by atoms with Gasteiger partial charge in [0.05, 0.1) is 19.1 Å². The molecule has 0 aliphatic carbocycles. The summed E-state index contributed by atoms with van der Waals surface area (Å²) < 4.78 is 32.4. The number of halogens is 1. The van der Waals surface area contributed by atoms with Crippen molar-refractivity contribution < 1.29 is 22.7 Å². The fourth-order valence-corrected chi connectivity index (χ4v) is 4.66. The SMILES string of the molecule is CC[C@@H](C)NC(=O)[C@@H](CC)N(Cc1cccc(OC)c1)C(=O)CN(c1ccc(Br)cc1)S(C)(=O)=O. The maximum absolute atomic E-state index is 13.7. The van der Waals surface area contributed by atoms with Crippen LogP contribution in [0.25, 0.3) is 0 Å². The Morgan fingerprint density at radius 3 is 2.29 bits per heavy atom. The predicted octanol–water partition coefficient (Wildman–Crippen LogP) is 3.95. The third-order valence-corrected chi connectivity index (χ3v) is 7.34. The number of hydrogen-bond donors (Lipinski definition) is 1. The summed E-state index contributed by atoms with van der Waals surface area (Å²) in [7, 11) is -2.21. The number of carbonyl (C=O) groups is 2. The van der Waals surface area contributed by atoms with Crippen LogP contribution in [0.1, 0.15) is 39.2 Å². The summed E-state index contributed by atoms with van der Waals surface area (Å²) in [4.78, 5) is 28.2. The highest BCUT2D eigenvalue weighted by Crippen LogP contribution is 2.23. The van der Waals surface area contributed by atoms with Crippen molar-refractivity contribution in [3.05, 3.63) is 58.6 Å². The Morgan fingerprint density at radius 2 is 1.74 bits per heavy atom. The third kappa shape index (κ3) is 8.24. The number of nitrogens with zero attached hydrogens (tertiary/aromatic N) is 2. The third-order valence-electron chi connectivity index (χ3n) is 5.67. The first-order valence-electron chi connectivity index (χ1n) is 11.5. The average Bonchev–Trinajstić information content (AvgIpc) is 2.82. The van der Waals surface area contributed by atoms with Crippen LogP contribution in [0.4, 0.5) is 5.69 Å². The fourth-order valence-electron chi connectivity index (χ4n) is 3.55. The molecule has 2 aromatic carbocycles. The molecule has 0 heterocycles. The lowest BCUT2D eigenvalue weighted by Crippen LogP contribution is -2.53. The van der Waals surface area contributed by atoms with Crippen LogP contribution in [0.2, 0.25) is 0 Å². The molecule has 2 rings (SSSR count). The molecule has 0 aliphatic heterocycles. The largest absolute Gasteiger partial charge is 0.497 e. The second-order valence-electron chi connectivity index (χ2n) is 8.36. The van der Waals surface area contributed by atoms with Crippen molar-refractivity contribution in [1.82, 2.24) is 10.2 Å². The molecule has 0 bridgehead atoms. The molecule has 0 spiro atoms. The minimum atomic E-state index is -3.77. The molecular formula is C25H34BrN3O5S. The van der Waals surface area contributed by atoms with Crippen molar-refractivity contribution in [2.45, 2.75) is 52.2 Å². The zero-order valence-corrected chi connectivity index (χ0v) is 23.2. The second kappa shape index (κ2) is 12.9. The van der Waals surface area contributed by atoms with Gasteiger partial charge in [-0.3, -0.25) is 13.9 Å². The van der Waals surface area contributed by atoms with E-state index in [1.54, 1.807) is 43.5 Å². The van der Waals surface area contributed by atoms with E-state index in [9.17, 15) is 18.0 Å². The van der Waals surface area contributed by atoms with Gasteiger partial charge in [0.15, 0.2) is 0 Å². The minimum Gasteiger partial charge on any atom is -0.497 e. The van der Waals surface area contributed by atoms with Gasteiger partial charge in [0.25, 0.3) is 0 Å². The van der Waals surface area contributed by atoms with Crippen molar-refractivity contribution in [2.75, 3.05) is 24.2 Å². The van der Waals surface area contributed by atoms with Gasteiger partial charge in [-0.2, -0.15) is 0 Å². The monoisotopic (exact) mass is 567 g/mol. The van der Waals surface area contributed by atoms with E-state index in [0.29, 0.717) is 17.9 Å². The summed E-state index contributed by atoms with van der Waals surface area (Å²) in [6, 6.07) is 13.1. The summed E-state index contributed by atoms with van der Waals surface area (Å²) in [6.07, 6.45) is 2.17. The van der Waals surface area contributed by atoms with Crippen LogP contribution in [0.3, 0.4) is 0 Å². The van der Waals surface area contributed by atoms with Crippen molar-refractivity contribution >= 4 is 43.5 Å². The molecule has 2 aromatic rings. The summed E-state index contributed by atoms with van der Waals surface area (Å²) in [5.41, 5.74) is 1.13. The van der Waals surface area contributed by atoms with Gasteiger partial charge in [-0.25, -0.2) is 8.42 Å². The molecule has 0 unspecified atom stereocenters. The Labute approximate surface area is 216 Å². The first kappa shape index (κ1) is 28.6. The number of anilines is 1. The van der Waals surface area contributed by atoms with Crippen LogP contribution in [0, 0.1) is 0 Å². The van der Waals surface area contributed by atoms with Gasteiger partial charge < -0.3 is 15.0 Å². The van der Waals surface area contributed by atoms with E-state index in [0.717, 1.165) is 27.0 Å². The van der Waals surface area contributed by atoms with Gasteiger partial charge in [-0.05, 0) is 61.7 Å². The lowest BCUT2D eigenvalue weighted by molar-refractivity contribution is -0.140. The molecule has 10 heteroatoms. The van der Waals surface area contributed by atoms with Gasteiger partial charge >= 0.3 is 0 Å². The number of nitrogens with one attached hydrogen (secondary N) is 1. The second-order valence-corrected chi connectivity index (χ2v) is 11.2. The Bertz CT molecular complexity index is 1110. The lowest BCUT2D eigenvalue weighted by atomic mass is 10.1. The quantitative estimate of drug-likeness (QED) is 0.419. The van der Waals surface area contributed by atoms with Gasteiger partial charge in [0.1, 0.15) is 18.3 Å². The molecule has 0 radical (unpaired) electrons. The molecule has 2 atom stereocenters. The molecule has 8 nitrogen and oxygen atoms in total. The summed E-state index contributed by atoms with van der Waals surface area (Å²) in [6.45, 7) is 5.39. The molecule has 35 heavy (non-hydrogen) atoms. The van der Waals surface area contributed by atoms with Crippen LogP contribution < -0.4 is 14.4 Å². The maximum Gasteiger partial charge on any atom is 0.244 e. The highest BCUT2D eigenvalue weighted by Gasteiger charge is 2.32. The number of ether oxygens (including phenoxy) is 1. The Morgan fingerprint density at radius 1 is 1.09 bits per heavy atom. The van der Waals surface area contributed by atoms with E-state index in [2.05, 4.69) is 21.2 Å². The summed E-state index contributed by atoms with van der Waals surface area (Å²) >= 11 is 3.34. The van der Waals surface area contributed by atoms with Crippen molar-refractivity contribution in [3.8, 4) is 5.75 Å². The standard InChI is InChI=1S/C25H34BrN3O5S/c1-6-18(3)27-25(31)23(7-2)28(16-19-9-8-10-22(15-19)34-4)24(30)17-29(35(5,32)33)21-13-11-20(26)12-14-21/h8-15,18,23H,6-7,16-17H2,1-5H3,(H,27,31)/t18-,23-/m1/s1. The maximum atomic E-state index is 13.7. The number of benzene rings is 2. The number of hydrogen-bond acceptors (Lipinski definition) is 5. The Balaban J connectivity index is 2.44. The number of sulfonamides is 1. The number of rotatable bonds is 12. The highest BCUT2D eigenvalue weighted by atomic mass is 79.9. The Kier molecular flexibility index (Phi) is 10.6. The van der Waals surface area contributed by atoms with Crippen LogP contribution in [-0.2, 0) is 26.2 Å². The van der Waals surface area contributed by atoms with Crippen molar-refractivity contribution in [1.29, 1.82) is 0 Å². The van der Waals surface area contributed by atoms with Crippen LogP contribution in [-0.4, -0.2) is 57.1 Å². The first-order valence-corrected chi connectivity index (χ1v) is 14.1. The van der Waals surface area contributed by atoms with Gasteiger partial charge in [0.2, 0.25) is 21.8 Å². The number of carbonyl (C=O) groups excluding carboxylic acids is 2. The van der Waals surface area contributed by atoms with Gasteiger partial charge in [-0.1, -0.05) is 41.9 Å². The molecule has 1 N–H and O–H groups in total. The van der Waals surface area contributed by atoms with Gasteiger partial charge in [-0.15, -0.1) is 0 Å².